The van der Waals surface area contributed by atoms with Crippen LogP contribution < -0.4 is 10.1 Å². The van der Waals surface area contributed by atoms with E-state index in [4.69, 9.17) is 26.4 Å². The number of ether oxygens (including phenoxy) is 1. The molecular weight excluding hydrogens is 486 g/mol. The van der Waals surface area contributed by atoms with Gasteiger partial charge in [0.1, 0.15) is 5.75 Å². The summed E-state index contributed by atoms with van der Waals surface area (Å²) in [5.74, 6) is -0.775. The molecule has 9 heteroatoms. The van der Waals surface area contributed by atoms with Crippen molar-refractivity contribution in [3.8, 4) is 11.4 Å². The number of nitrogens with one attached hydrogen (secondary N) is 1. The van der Waals surface area contributed by atoms with Crippen LogP contribution in [0.25, 0.3) is 16.7 Å². The van der Waals surface area contributed by atoms with Crippen LogP contribution in [0.4, 0.5) is 5.69 Å². The second-order valence-corrected chi connectivity index (χ2v) is 9.76. The number of carbonyl (C=O) groups excluding carboxylic acids is 1. The standard InChI is InChI=1S/C26H24ClN3O4S/c1-15-8-13-21(20(27)14-15)28-24(31)17(3)35-26-29-22-6-4-5-7-23(22)30(26)18-9-11-19(12-10-18)34-16(2)25(32)33/h4-14,16-17H,1-3H3,(H,28,31)(H,32,33). The molecule has 0 radical (unpaired) electrons. The summed E-state index contributed by atoms with van der Waals surface area (Å²) in [7, 11) is 0. The van der Waals surface area contributed by atoms with Crippen molar-refractivity contribution in [2.75, 3.05) is 5.32 Å². The summed E-state index contributed by atoms with van der Waals surface area (Å²) in [6.45, 7) is 5.23. The van der Waals surface area contributed by atoms with Gasteiger partial charge in [0.25, 0.3) is 0 Å². The Balaban J connectivity index is 1.60. The molecular formula is C26H24ClN3O4S. The number of hydrogen-bond acceptors (Lipinski definition) is 5. The second kappa shape index (κ2) is 10.4. The number of rotatable bonds is 8. The van der Waals surface area contributed by atoms with Crippen LogP contribution in [-0.2, 0) is 9.59 Å². The van der Waals surface area contributed by atoms with Gasteiger partial charge in [-0.2, -0.15) is 0 Å². The Kier molecular flexibility index (Phi) is 7.33. The highest BCUT2D eigenvalue weighted by atomic mass is 35.5. The van der Waals surface area contributed by atoms with E-state index >= 15 is 0 Å². The second-order valence-electron chi connectivity index (χ2n) is 8.04. The number of halogens is 1. The number of nitrogens with zero attached hydrogens (tertiary/aromatic N) is 2. The number of anilines is 1. The van der Waals surface area contributed by atoms with Crippen molar-refractivity contribution in [2.45, 2.75) is 37.3 Å². The maximum Gasteiger partial charge on any atom is 0.344 e. The number of hydrogen-bond donors (Lipinski definition) is 2. The lowest BCUT2D eigenvalue weighted by molar-refractivity contribution is -0.144. The van der Waals surface area contributed by atoms with Crippen LogP contribution in [0, 0.1) is 6.92 Å². The SMILES string of the molecule is Cc1ccc(NC(=O)C(C)Sc2nc3ccccc3n2-c2ccc(OC(C)C(=O)O)cc2)c(Cl)c1. The Morgan fingerprint density at radius 1 is 1.09 bits per heavy atom. The first-order valence-corrected chi connectivity index (χ1v) is 12.2. The van der Waals surface area contributed by atoms with Crippen LogP contribution in [-0.4, -0.2) is 37.9 Å². The zero-order chi connectivity index (χ0) is 25.1. The lowest BCUT2D eigenvalue weighted by Gasteiger charge is -2.15. The minimum absolute atomic E-state index is 0.189. The van der Waals surface area contributed by atoms with Crippen LogP contribution in [0.5, 0.6) is 5.75 Å². The van der Waals surface area contributed by atoms with E-state index in [1.807, 2.05) is 60.9 Å². The van der Waals surface area contributed by atoms with Crippen molar-refractivity contribution in [3.05, 3.63) is 77.3 Å². The molecule has 2 unspecified atom stereocenters. The number of aryl methyl sites for hydroxylation is 1. The van der Waals surface area contributed by atoms with E-state index in [0.717, 1.165) is 22.3 Å². The predicted molar refractivity (Wildman–Crippen MR) is 139 cm³/mol. The van der Waals surface area contributed by atoms with Crippen molar-refractivity contribution in [3.63, 3.8) is 0 Å². The van der Waals surface area contributed by atoms with Crippen LogP contribution in [0.15, 0.2) is 71.9 Å². The highest BCUT2D eigenvalue weighted by molar-refractivity contribution is 8.00. The molecule has 3 aromatic carbocycles. The van der Waals surface area contributed by atoms with Crippen molar-refractivity contribution in [1.29, 1.82) is 0 Å². The summed E-state index contributed by atoms with van der Waals surface area (Å²) in [5, 5.41) is 12.6. The van der Waals surface area contributed by atoms with Gasteiger partial charge in [-0.3, -0.25) is 9.36 Å². The third kappa shape index (κ3) is 5.61. The molecule has 7 nitrogen and oxygen atoms in total. The number of carbonyl (C=O) groups is 2. The molecule has 35 heavy (non-hydrogen) atoms. The van der Waals surface area contributed by atoms with Gasteiger partial charge in [-0.15, -0.1) is 0 Å². The van der Waals surface area contributed by atoms with E-state index < -0.39 is 17.3 Å². The van der Waals surface area contributed by atoms with Crippen LogP contribution >= 0.6 is 23.4 Å². The lowest BCUT2D eigenvalue weighted by atomic mass is 10.2. The molecule has 1 heterocycles. The molecule has 4 aromatic rings. The lowest BCUT2D eigenvalue weighted by Crippen LogP contribution is -2.23. The zero-order valence-corrected chi connectivity index (χ0v) is 20.9. The van der Waals surface area contributed by atoms with E-state index in [-0.39, 0.29) is 5.91 Å². The van der Waals surface area contributed by atoms with E-state index in [0.29, 0.717) is 21.6 Å². The third-order valence-corrected chi connectivity index (χ3v) is 6.68. The first-order valence-electron chi connectivity index (χ1n) is 10.9. The maximum absolute atomic E-state index is 12.9. The topological polar surface area (TPSA) is 93.5 Å². The Labute approximate surface area is 212 Å². The maximum atomic E-state index is 12.9. The van der Waals surface area contributed by atoms with Crippen LogP contribution in [0.1, 0.15) is 19.4 Å². The molecule has 0 spiro atoms. The minimum Gasteiger partial charge on any atom is -0.479 e. The van der Waals surface area contributed by atoms with Gasteiger partial charge < -0.3 is 15.2 Å². The predicted octanol–water partition coefficient (Wildman–Crippen LogP) is 5.96. The summed E-state index contributed by atoms with van der Waals surface area (Å²) in [4.78, 5) is 28.8. The van der Waals surface area contributed by atoms with Crippen LogP contribution in [0.2, 0.25) is 5.02 Å². The normalized spacial score (nSPS) is 12.8. The van der Waals surface area contributed by atoms with Crippen molar-refractivity contribution >= 4 is 52.0 Å². The molecule has 2 N–H and O–H groups in total. The van der Waals surface area contributed by atoms with Gasteiger partial charge in [-0.25, -0.2) is 9.78 Å². The summed E-state index contributed by atoms with van der Waals surface area (Å²) < 4.78 is 7.41. The van der Waals surface area contributed by atoms with E-state index in [1.165, 1.54) is 18.7 Å². The Morgan fingerprint density at radius 3 is 2.49 bits per heavy atom. The molecule has 0 aliphatic rings. The van der Waals surface area contributed by atoms with Gasteiger partial charge in [-0.1, -0.05) is 41.6 Å². The number of benzene rings is 3. The summed E-state index contributed by atoms with van der Waals surface area (Å²) >= 11 is 7.61. The molecule has 0 bridgehead atoms. The molecule has 4 rings (SSSR count). The Morgan fingerprint density at radius 2 is 1.80 bits per heavy atom. The first-order chi connectivity index (χ1) is 16.7. The number of aromatic nitrogens is 2. The Hall–Kier alpha value is -3.49. The summed E-state index contributed by atoms with van der Waals surface area (Å²) in [5.41, 5.74) is 4.07. The van der Waals surface area contributed by atoms with Gasteiger partial charge in [0.05, 0.1) is 27.0 Å². The van der Waals surface area contributed by atoms with Gasteiger partial charge >= 0.3 is 5.97 Å². The van der Waals surface area contributed by atoms with E-state index in [9.17, 15) is 9.59 Å². The number of carboxylic acids is 1. The van der Waals surface area contributed by atoms with Gasteiger partial charge in [0.2, 0.25) is 5.91 Å². The number of para-hydroxylation sites is 2. The molecule has 1 aromatic heterocycles. The fraction of sp³-hybridized carbons (Fsp3) is 0.192. The monoisotopic (exact) mass is 509 g/mol. The molecule has 0 aliphatic heterocycles. The number of fused-ring (bicyclic) bond motifs is 1. The fourth-order valence-corrected chi connectivity index (χ4v) is 4.65. The van der Waals surface area contributed by atoms with Gasteiger partial charge in [0.15, 0.2) is 11.3 Å². The van der Waals surface area contributed by atoms with Gasteiger partial charge in [-0.05, 0) is 74.9 Å². The molecule has 0 fully saturated rings. The summed E-state index contributed by atoms with van der Waals surface area (Å²) in [6.07, 6.45) is -0.956. The average molecular weight is 510 g/mol. The third-order valence-electron chi connectivity index (χ3n) is 5.32. The van der Waals surface area contributed by atoms with Crippen LogP contribution in [0.3, 0.4) is 0 Å². The minimum atomic E-state index is -1.03. The quantitative estimate of drug-likeness (QED) is 0.285. The molecule has 2 atom stereocenters. The average Bonchev–Trinajstić information content (AvgIpc) is 3.19. The van der Waals surface area contributed by atoms with Crippen molar-refractivity contribution in [1.82, 2.24) is 9.55 Å². The Bertz CT molecular complexity index is 1390. The van der Waals surface area contributed by atoms with E-state index in [1.54, 1.807) is 24.3 Å². The smallest absolute Gasteiger partial charge is 0.344 e. The van der Waals surface area contributed by atoms with Crippen molar-refractivity contribution in [2.24, 2.45) is 0 Å². The fourth-order valence-electron chi connectivity index (χ4n) is 3.43. The number of carboxylic acid groups (broad SMARTS) is 1. The van der Waals surface area contributed by atoms with Gasteiger partial charge in [0, 0.05) is 5.69 Å². The molecule has 180 valence electrons. The molecule has 1 amide bonds. The first kappa shape index (κ1) is 24.6. The zero-order valence-electron chi connectivity index (χ0n) is 19.4. The number of aliphatic carboxylic acids is 1. The highest BCUT2D eigenvalue weighted by Gasteiger charge is 2.21. The summed E-state index contributed by atoms with van der Waals surface area (Å²) in [6, 6.07) is 20.3. The largest absolute Gasteiger partial charge is 0.479 e. The number of amides is 1. The number of thioether (sulfide) groups is 1. The molecule has 0 aliphatic carbocycles. The van der Waals surface area contributed by atoms with E-state index in [2.05, 4.69) is 5.32 Å². The highest BCUT2D eigenvalue weighted by Crippen LogP contribution is 2.32. The molecule has 0 saturated carbocycles. The number of imidazole rings is 1. The molecule has 0 saturated heterocycles. The van der Waals surface area contributed by atoms with Crippen molar-refractivity contribution < 1.29 is 19.4 Å².